The normalized spacial score (nSPS) is 11.1. The van der Waals surface area contributed by atoms with Crippen molar-refractivity contribution in [3.05, 3.63) is 48.5 Å². The molecule has 0 fully saturated rings. The van der Waals surface area contributed by atoms with Crippen LogP contribution in [0, 0.1) is 0 Å². The van der Waals surface area contributed by atoms with E-state index >= 15 is 0 Å². The maximum Gasteiger partial charge on any atom is 0.177 e. The fourth-order valence-electron chi connectivity index (χ4n) is 2.92. The Morgan fingerprint density at radius 1 is 1.12 bits per heavy atom. The Hall–Kier alpha value is -3.28. The van der Waals surface area contributed by atoms with E-state index in [4.69, 9.17) is 4.74 Å². The predicted octanol–water partition coefficient (Wildman–Crippen LogP) is 3.73. The van der Waals surface area contributed by atoms with Crippen LogP contribution in [0.25, 0.3) is 33.8 Å². The summed E-state index contributed by atoms with van der Waals surface area (Å²) in [6.45, 7) is 2.37. The lowest BCUT2D eigenvalue weighted by Gasteiger charge is -2.08. The van der Waals surface area contributed by atoms with E-state index in [0.717, 1.165) is 22.4 Å². The van der Waals surface area contributed by atoms with Crippen LogP contribution in [-0.4, -0.2) is 31.5 Å². The number of fused-ring (bicyclic) bond motifs is 1. The first kappa shape index (κ1) is 15.3. The molecule has 0 amide bonds. The molecule has 2 aromatic carbocycles. The molecule has 6 heteroatoms. The van der Waals surface area contributed by atoms with E-state index in [9.17, 15) is 5.11 Å². The maximum atomic E-state index is 10.5. The number of para-hydroxylation sites is 1. The molecule has 25 heavy (non-hydrogen) atoms. The number of benzene rings is 2. The number of phenolic OH excluding ortho intramolecular Hbond substituents is 1. The first-order chi connectivity index (χ1) is 12.2. The average Bonchev–Trinajstić information content (AvgIpc) is 3.18. The van der Waals surface area contributed by atoms with E-state index in [0.29, 0.717) is 23.7 Å². The van der Waals surface area contributed by atoms with Gasteiger partial charge in [0.25, 0.3) is 0 Å². The lowest BCUT2D eigenvalue weighted by atomic mass is 10.1. The lowest BCUT2D eigenvalue weighted by Crippen LogP contribution is -1.94. The summed E-state index contributed by atoms with van der Waals surface area (Å²) in [6, 6.07) is 15.3. The van der Waals surface area contributed by atoms with Crippen molar-refractivity contribution >= 4 is 11.2 Å². The van der Waals surface area contributed by atoms with E-state index in [1.54, 1.807) is 10.7 Å². The molecule has 0 bridgehead atoms. The van der Waals surface area contributed by atoms with Crippen molar-refractivity contribution in [3.8, 4) is 34.1 Å². The van der Waals surface area contributed by atoms with Crippen molar-refractivity contribution in [1.29, 1.82) is 0 Å². The molecule has 4 aromatic rings. The summed E-state index contributed by atoms with van der Waals surface area (Å²) >= 11 is 0. The molecule has 126 valence electrons. The third-order valence-electron chi connectivity index (χ3n) is 4.08. The highest BCUT2D eigenvalue weighted by Crippen LogP contribution is 2.37. The molecule has 2 heterocycles. The second kappa shape index (κ2) is 5.98. The number of H-pyrrole nitrogens is 1. The van der Waals surface area contributed by atoms with Crippen molar-refractivity contribution in [2.75, 3.05) is 6.61 Å². The van der Waals surface area contributed by atoms with Gasteiger partial charge in [-0.05, 0) is 19.1 Å². The zero-order chi connectivity index (χ0) is 17.4. The van der Waals surface area contributed by atoms with Crippen LogP contribution in [0.1, 0.15) is 6.92 Å². The molecule has 6 nitrogen and oxygen atoms in total. The summed E-state index contributed by atoms with van der Waals surface area (Å²) in [4.78, 5) is 7.92. The smallest absolute Gasteiger partial charge is 0.177 e. The minimum Gasteiger partial charge on any atom is -0.504 e. The molecule has 0 spiro atoms. The number of imidazole rings is 1. The maximum absolute atomic E-state index is 10.5. The van der Waals surface area contributed by atoms with Gasteiger partial charge in [0.05, 0.1) is 12.2 Å². The van der Waals surface area contributed by atoms with Crippen molar-refractivity contribution in [2.45, 2.75) is 6.92 Å². The standard InChI is InChI=1S/C19H18N4O2/c1-3-25-14-11-7-10-13(17(14)24)18-20-16-15(12-8-5-4-6-9-12)22-23(2)19(16)21-18/h4-11,24H,3H2,1-2H3,(H,20,21). The van der Waals surface area contributed by atoms with Gasteiger partial charge in [-0.3, -0.25) is 0 Å². The number of aryl methyl sites for hydroxylation is 1. The molecular formula is C19H18N4O2. The van der Waals surface area contributed by atoms with Crippen LogP contribution < -0.4 is 4.74 Å². The highest BCUT2D eigenvalue weighted by molar-refractivity contribution is 5.90. The molecule has 2 N–H and O–H groups in total. The van der Waals surface area contributed by atoms with Crippen LogP contribution >= 0.6 is 0 Å². The van der Waals surface area contributed by atoms with Crippen molar-refractivity contribution < 1.29 is 9.84 Å². The monoisotopic (exact) mass is 334 g/mol. The number of nitrogens with zero attached hydrogens (tertiary/aromatic N) is 3. The van der Waals surface area contributed by atoms with Crippen LogP contribution in [0.5, 0.6) is 11.5 Å². The first-order valence-electron chi connectivity index (χ1n) is 8.12. The fourth-order valence-corrected chi connectivity index (χ4v) is 2.92. The fraction of sp³-hybridized carbons (Fsp3) is 0.158. The summed E-state index contributed by atoms with van der Waals surface area (Å²) < 4.78 is 7.20. The summed E-state index contributed by atoms with van der Waals surface area (Å²) in [5.41, 5.74) is 4.01. The Kier molecular flexibility index (Phi) is 3.65. The van der Waals surface area contributed by atoms with Crippen molar-refractivity contribution in [1.82, 2.24) is 19.7 Å². The zero-order valence-corrected chi connectivity index (χ0v) is 14.0. The van der Waals surface area contributed by atoms with E-state index in [2.05, 4.69) is 15.1 Å². The average molecular weight is 334 g/mol. The van der Waals surface area contributed by atoms with E-state index < -0.39 is 0 Å². The number of hydrogen-bond acceptors (Lipinski definition) is 4. The molecule has 0 unspecified atom stereocenters. The summed E-state index contributed by atoms with van der Waals surface area (Å²) in [7, 11) is 1.86. The van der Waals surface area contributed by atoms with Crippen LogP contribution in [0.4, 0.5) is 0 Å². The second-order valence-electron chi connectivity index (χ2n) is 5.71. The second-order valence-corrected chi connectivity index (χ2v) is 5.71. The van der Waals surface area contributed by atoms with Crippen LogP contribution in [0.15, 0.2) is 48.5 Å². The Labute approximate surface area is 144 Å². The largest absolute Gasteiger partial charge is 0.504 e. The minimum absolute atomic E-state index is 0.0811. The van der Waals surface area contributed by atoms with Gasteiger partial charge in [-0.2, -0.15) is 5.10 Å². The summed E-state index contributed by atoms with van der Waals surface area (Å²) in [5, 5.41) is 15.0. The topological polar surface area (TPSA) is 76.0 Å². The predicted molar refractivity (Wildman–Crippen MR) is 96.6 cm³/mol. The summed E-state index contributed by atoms with van der Waals surface area (Å²) in [5.74, 6) is 1.11. The highest BCUT2D eigenvalue weighted by Gasteiger charge is 2.18. The SMILES string of the molecule is CCOc1cccc(-c2nc3c([nH]2)c(-c2ccccc2)nn3C)c1O. The van der Waals surface area contributed by atoms with Gasteiger partial charge in [0.2, 0.25) is 0 Å². The quantitative estimate of drug-likeness (QED) is 0.596. The molecule has 0 saturated carbocycles. The third kappa shape index (κ3) is 2.52. The third-order valence-corrected chi connectivity index (χ3v) is 4.08. The van der Waals surface area contributed by atoms with Gasteiger partial charge in [-0.1, -0.05) is 36.4 Å². The molecular weight excluding hydrogens is 316 g/mol. The van der Waals surface area contributed by atoms with Crippen molar-refractivity contribution in [3.63, 3.8) is 0 Å². The molecule has 4 rings (SSSR count). The zero-order valence-electron chi connectivity index (χ0n) is 14.0. The Balaban J connectivity index is 1.87. The van der Waals surface area contributed by atoms with Crippen molar-refractivity contribution in [2.24, 2.45) is 7.05 Å². The molecule has 0 radical (unpaired) electrons. The van der Waals surface area contributed by atoms with Crippen LogP contribution in [-0.2, 0) is 7.05 Å². The number of phenols is 1. The molecule has 0 aliphatic rings. The first-order valence-corrected chi connectivity index (χ1v) is 8.12. The minimum atomic E-state index is 0.0811. The number of hydrogen-bond donors (Lipinski definition) is 2. The van der Waals surface area contributed by atoms with Gasteiger partial charge in [0, 0.05) is 12.6 Å². The van der Waals surface area contributed by atoms with Gasteiger partial charge in [0.15, 0.2) is 17.1 Å². The number of ether oxygens (including phenoxy) is 1. The molecule has 0 aliphatic carbocycles. The Bertz CT molecular complexity index is 1030. The van der Waals surface area contributed by atoms with Crippen LogP contribution in [0.2, 0.25) is 0 Å². The van der Waals surface area contributed by atoms with Gasteiger partial charge in [0.1, 0.15) is 17.0 Å². The van der Waals surface area contributed by atoms with E-state index in [1.165, 1.54) is 0 Å². The van der Waals surface area contributed by atoms with E-state index in [-0.39, 0.29) is 5.75 Å². The lowest BCUT2D eigenvalue weighted by molar-refractivity contribution is 0.318. The Morgan fingerprint density at radius 3 is 2.68 bits per heavy atom. The molecule has 0 aliphatic heterocycles. The highest BCUT2D eigenvalue weighted by atomic mass is 16.5. The number of aromatic hydroxyl groups is 1. The number of rotatable bonds is 4. The van der Waals surface area contributed by atoms with E-state index in [1.807, 2.05) is 56.4 Å². The molecule has 0 saturated heterocycles. The molecule has 2 aromatic heterocycles. The Morgan fingerprint density at radius 2 is 1.92 bits per heavy atom. The number of aromatic nitrogens is 4. The molecule has 0 atom stereocenters. The van der Waals surface area contributed by atoms with Crippen LogP contribution in [0.3, 0.4) is 0 Å². The van der Waals surface area contributed by atoms with Gasteiger partial charge in [-0.15, -0.1) is 0 Å². The number of nitrogens with one attached hydrogen (secondary N) is 1. The summed E-state index contributed by atoms with van der Waals surface area (Å²) in [6.07, 6.45) is 0. The number of aromatic amines is 1. The van der Waals surface area contributed by atoms with Gasteiger partial charge >= 0.3 is 0 Å². The van der Waals surface area contributed by atoms with Gasteiger partial charge in [-0.25, -0.2) is 9.67 Å². The van der Waals surface area contributed by atoms with Gasteiger partial charge < -0.3 is 14.8 Å².